The number of hydrogen-bond acceptors (Lipinski definition) is 5. The number of aryl methyl sites for hydroxylation is 1. The molecule has 4 rings (SSSR count). The molecular formula is C21H17ClN2O3S. The number of furan rings is 1. The highest BCUT2D eigenvalue weighted by atomic mass is 35.5. The average Bonchev–Trinajstić information content (AvgIpc) is 3.38. The first-order chi connectivity index (χ1) is 13.6. The largest absolute Gasteiger partial charge is 0.484 e. The molecule has 1 amide bonds. The number of anilines is 1. The van der Waals surface area contributed by atoms with Gasteiger partial charge in [0.2, 0.25) is 0 Å². The second-order valence-corrected chi connectivity index (χ2v) is 7.59. The Morgan fingerprint density at radius 1 is 1.18 bits per heavy atom. The molecule has 0 atom stereocenters. The van der Waals surface area contributed by atoms with E-state index in [2.05, 4.69) is 4.98 Å². The number of para-hydroxylation sites is 1. The molecule has 0 N–H and O–H groups in total. The van der Waals surface area contributed by atoms with Crippen LogP contribution in [0, 0.1) is 6.92 Å². The van der Waals surface area contributed by atoms with Gasteiger partial charge in [-0.2, -0.15) is 0 Å². The van der Waals surface area contributed by atoms with Crippen LogP contribution in [0.1, 0.15) is 11.3 Å². The van der Waals surface area contributed by atoms with Crippen molar-refractivity contribution in [3.8, 4) is 5.75 Å². The minimum atomic E-state index is -0.206. The van der Waals surface area contributed by atoms with Crippen LogP contribution in [0.5, 0.6) is 5.75 Å². The van der Waals surface area contributed by atoms with Gasteiger partial charge in [0.1, 0.15) is 11.5 Å². The maximum absolute atomic E-state index is 13.0. The van der Waals surface area contributed by atoms with Crippen molar-refractivity contribution in [1.29, 1.82) is 0 Å². The second kappa shape index (κ2) is 8.04. The summed E-state index contributed by atoms with van der Waals surface area (Å²) >= 11 is 7.66. The Bertz CT molecular complexity index is 1090. The normalized spacial score (nSPS) is 10.9. The minimum absolute atomic E-state index is 0.0968. The summed E-state index contributed by atoms with van der Waals surface area (Å²) in [7, 11) is 0. The van der Waals surface area contributed by atoms with Gasteiger partial charge in [-0.25, -0.2) is 4.98 Å². The summed E-state index contributed by atoms with van der Waals surface area (Å²) in [5.41, 5.74) is 1.70. The number of fused-ring (bicyclic) bond motifs is 1. The zero-order chi connectivity index (χ0) is 19.5. The van der Waals surface area contributed by atoms with Crippen LogP contribution in [0.25, 0.3) is 10.2 Å². The Balaban J connectivity index is 1.63. The Hall–Kier alpha value is -2.83. The average molecular weight is 413 g/mol. The molecule has 0 aliphatic carbocycles. The van der Waals surface area contributed by atoms with Crippen molar-refractivity contribution < 1.29 is 13.9 Å². The van der Waals surface area contributed by atoms with Gasteiger partial charge < -0.3 is 9.15 Å². The molecule has 4 aromatic rings. The summed E-state index contributed by atoms with van der Waals surface area (Å²) in [5, 5.41) is 1.24. The molecule has 7 heteroatoms. The summed E-state index contributed by atoms with van der Waals surface area (Å²) in [5.74, 6) is 1.10. The van der Waals surface area contributed by atoms with Gasteiger partial charge in [-0.15, -0.1) is 0 Å². The zero-order valence-corrected chi connectivity index (χ0v) is 16.7. The van der Waals surface area contributed by atoms with E-state index in [9.17, 15) is 4.79 Å². The van der Waals surface area contributed by atoms with Crippen molar-refractivity contribution in [2.75, 3.05) is 11.5 Å². The smallest absolute Gasteiger partial charge is 0.267 e. The zero-order valence-electron chi connectivity index (χ0n) is 15.1. The van der Waals surface area contributed by atoms with Gasteiger partial charge in [-0.05, 0) is 48.9 Å². The van der Waals surface area contributed by atoms with E-state index in [4.69, 9.17) is 20.8 Å². The summed E-state index contributed by atoms with van der Waals surface area (Å²) in [6.07, 6.45) is 1.58. The fraction of sp³-hybridized carbons (Fsp3) is 0.143. The van der Waals surface area contributed by atoms with Crippen LogP contribution >= 0.6 is 22.9 Å². The predicted molar refractivity (Wildman–Crippen MR) is 111 cm³/mol. The van der Waals surface area contributed by atoms with Crippen LogP contribution in [-0.4, -0.2) is 17.5 Å². The van der Waals surface area contributed by atoms with E-state index in [-0.39, 0.29) is 19.1 Å². The van der Waals surface area contributed by atoms with Crippen LogP contribution in [0.3, 0.4) is 0 Å². The lowest BCUT2D eigenvalue weighted by molar-refractivity contribution is -0.120. The van der Waals surface area contributed by atoms with Crippen molar-refractivity contribution >= 4 is 44.2 Å². The topological polar surface area (TPSA) is 55.6 Å². The van der Waals surface area contributed by atoms with Gasteiger partial charge in [0.15, 0.2) is 11.7 Å². The van der Waals surface area contributed by atoms with E-state index >= 15 is 0 Å². The molecule has 0 bridgehead atoms. The van der Waals surface area contributed by atoms with Gasteiger partial charge in [0.25, 0.3) is 5.91 Å². The highest BCUT2D eigenvalue weighted by molar-refractivity contribution is 7.22. The lowest BCUT2D eigenvalue weighted by Gasteiger charge is -2.19. The number of amides is 1. The number of carbonyl (C=O) groups is 1. The van der Waals surface area contributed by atoms with Gasteiger partial charge in [-0.1, -0.05) is 41.1 Å². The molecular weight excluding hydrogens is 396 g/mol. The van der Waals surface area contributed by atoms with E-state index in [1.807, 2.05) is 55.5 Å². The molecule has 0 aliphatic rings. The van der Waals surface area contributed by atoms with Crippen LogP contribution in [-0.2, 0) is 11.3 Å². The summed E-state index contributed by atoms with van der Waals surface area (Å²) in [6, 6.07) is 16.6. The number of thiazole rings is 1. The number of rotatable bonds is 6. The van der Waals surface area contributed by atoms with Crippen molar-refractivity contribution in [3.63, 3.8) is 0 Å². The highest BCUT2D eigenvalue weighted by Gasteiger charge is 2.22. The van der Waals surface area contributed by atoms with Gasteiger partial charge >= 0.3 is 0 Å². The lowest BCUT2D eigenvalue weighted by atomic mass is 10.2. The lowest BCUT2D eigenvalue weighted by Crippen LogP contribution is -2.34. The van der Waals surface area contributed by atoms with Crippen LogP contribution in [0.2, 0.25) is 5.02 Å². The molecule has 5 nitrogen and oxygen atoms in total. The molecule has 0 unspecified atom stereocenters. The van der Waals surface area contributed by atoms with Crippen molar-refractivity contribution in [3.05, 3.63) is 77.2 Å². The molecule has 2 heterocycles. The molecule has 142 valence electrons. The first-order valence-electron chi connectivity index (χ1n) is 8.68. The van der Waals surface area contributed by atoms with Crippen molar-refractivity contribution in [2.24, 2.45) is 0 Å². The van der Waals surface area contributed by atoms with Crippen LogP contribution in [0.4, 0.5) is 5.13 Å². The first-order valence-corrected chi connectivity index (χ1v) is 9.87. The van der Waals surface area contributed by atoms with E-state index in [1.54, 1.807) is 17.2 Å². The predicted octanol–water partition coefficient (Wildman–Crippen LogP) is 5.46. The number of nitrogens with zero attached hydrogens (tertiary/aromatic N) is 2. The standard InChI is InChI=1S/C21H17ClN2O3S/c1-14-17(22)9-10-18-20(14)23-21(28-18)24(12-16-8-5-11-26-16)19(25)13-27-15-6-3-2-4-7-15/h2-11H,12-13H2,1H3. The molecule has 0 fully saturated rings. The maximum atomic E-state index is 13.0. The Labute approximate surface area is 171 Å². The monoisotopic (exact) mass is 412 g/mol. The van der Waals surface area contributed by atoms with Crippen LogP contribution in [0.15, 0.2) is 65.3 Å². The quantitative estimate of drug-likeness (QED) is 0.421. The van der Waals surface area contributed by atoms with E-state index in [1.165, 1.54) is 11.3 Å². The molecule has 0 spiro atoms. The number of aromatic nitrogens is 1. The third-order valence-corrected chi connectivity index (χ3v) is 5.72. The van der Waals surface area contributed by atoms with Gasteiger partial charge in [0, 0.05) is 5.02 Å². The molecule has 2 aromatic heterocycles. The van der Waals surface area contributed by atoms with E-state index in [0.29, 0.717) is 21.7 Å². The second-order valence-electron chi connectivity index (χ2n) is 6.18. The van der Waals surface area contributed by atoms with Crippen molar-refractivity contribution in [1.82, 2.24) is 4.98 Å². The molecule has 28 heavy (non-hydrogen) atoms. The molecule has 0 saturated carbocycles. The van der Waals surface area contributed by atoms with Gasteiger partial charge in [-0.3, -0.25) is 9.69 Å². The summed E-state index contributed by atoms with van der Waals surface area (Å²) in [4.78, 5) is 19.2. The van der Waals surface area contributed by atoms with Crippen molar-refractivity contribution in [2.45, 2.75) is 13.5 Å². The molecule has 2 aromatic carbocycles. The molecule has 0 aliphatic heterocycles. The van der Waals surface area contributed by atoms with E-state index < -0.39 is 0 Å². The van der Waals surface area contributed by atoms with E-state index in [0.717, 1.165) is 15.8 Å². The number of hydrogen-bond donors (Lipinski definition) is 0. The highest BCUT2D eigenvalue weighted by Crippen LogP contribution is 2.34. The Morgan fingerprint density at radius 2 is 2.00 bits per heavy atom. The van der Waals surface area contributed by atoms with Crippen LogP contribution < -0.4 is 9.64 Å². The Morgan fingerprint density at radius 3 is 2.75 bits per heavy atom. The Kier molecular flexibility index (Phi) is 5.32. The summed E-state index contributed by atoms with van der Waals surface area (Å²) < 4.78 is 12.0. The fourth-order valence-electron chi connectivity index (χ4n) is 2.76. The fourth-order valence-corrected chi connectivity index (χ4v) is 3.96. The molecule has 0 radical (unpaired) electrons. The molecule has 0 saturated heterocycles. The third kappa shape index (κ3) is 3.88. The number of carbonyl (C=O) groups excluding carboxylic acids is 1. The van der Waals surface area contributed by atoms with Gasteiger partial charge in [0.05, 0.1) is 23.0 Å². The number of benzene rings is 2. The SMILES string of the molecule is Cc1c(Cl)ccc2sc(N(Cc3ccco3)C(=O)COc3ccccc3)nc12. The third-order valence-electron chi connectivity index (χ3n) is 4.27. The first kappa shape index (κ1) is 18.5. The number of ether oxygens (including phenoxy) is 1. The maximum Gasteiger partial charge on any atom is 0.267 e. The number of halogens is 1. The summed E-state index contributed by atoms with van der Waals surface area (Å²) in [6.45, 7) is 2.10. The minimum Gasteiger partial charge on any atom is -0.484 e.